The highest BCUT2D eigenvalue weighted by atomic mass is 32.2. The number of hydrogen-bond acceptors (Lipinski definition) is 5. The number of nitrogens with one attached hydrogen (secondary N) is 2. The van der Waals surface area contributed by atoms with Crippen molar-refractivity contribution in [3.8, 4) is 17.0 Å². The predicted molar refractivity (Wildman–Crippen MR) is 123 cm³/mol. The largest absolute Gasteiger partial charge is 0.497 e. The Hall–Kier alpha value is -3.59. The van der Waals surface area contributed by atoms with Gasteiger partial charge in [0.1, 0.15) is 5.75 Å². The van der Waals surface area contributed by atoms with Crippen molar-refractivity contribution in [1.82, 2.24) is 13.9 Å². The van der Waals surface area contributed by atoms with Gasteiger partial charge in [-0.25, -0.2) is 17.4 Å². The summed E-state index contributed by atoms with van der Waals surface area (Å²) >= 11 is 0. The van der Waals surface area contributed by atoms with Crippen LogP contribution in [0.4, 0.5) is 5.95 Å². The van der Waals surface area contributed by atoms with Crippen LogP contribution in [-0.2, 0) is 21.2 Å². The maximum Gasteiger partial charge on any atom is 0.268 e. The molecule has 0 aliphatic rings. The molecule has 4 aromatic rings. The number of aryl methyl sites for hydroxylation is 1. The van der Waals surface area contributed by atoms with E-state index in [1.54, 1.807) is 68.8 Å². The fourth-order valence-electron chi connectivity index (χ4n) is 3.57. The molecule has 0 saturated heterocycles. The van der Waals surface area contributed by atoms with E-state index in [0.717, 1.165) is 5.69 Å². The van der Waals surface area contributed by atoms with Crippen molar-refractivity contribution < 1.29 is 17.9 Å². The zero-order valence-electron chi connectivity index (χ0n) is 18.0. The second-order valence-corrected chi connectivity index (χ2v) is 9.02. The van der Waals surface area contributed by atoms with E-state index in [0.29, 0.717) is 46.7 Å². The smallest absolute Gasteiger partial charge is 0.268 e. The molecule has 0 spiro atoms. The number of amides is 1. The minimum absolute atomic E-state index is 0.163. The van der Waals surface area contributed by atoms with Crippen molar-refractivity contribution in [3.05, 3.63) is 60.4 Å². The molecule has 0 saturated carbocycles. The molecule has 2 aromatic carbocycles. The van der Waals surface area contributed by atoms with Crippen LogP contribution in [0.15, 0.2) is 59.6 Å². The number of aromatic amines is 1. The minimum Gasteiger partial charge on any atom is -0.497 e. The molecule has 2 aromatic heterocycles. The van der Waals surface area contributed by atoms with Crippen LogP contribution in [0.5, 0.6) is 5.75 Å². The first-order chi connectivity index (χ1) is 15.4. The number of carbonyl (C=O) groups is 1. The van der Waals surface area contributed by atoms with Crippen LogP contribution in [0, 0.1) is 0 Å². The van der Waals surface area contributed by atoms with Crippen molar-refractivity contribution in [2.24, 2.45) is 0 Å². The first-order valence-corrected chi connectivity index (χ1v) is 11.7. The highest BCUT2D eigenvalue weighted by Gasteiger charge is 2.24. The number of anilines is 1. The van der Waals surface area contributed by atoms with Crippen LogP contribution in [0.3, 0.4) is 0 Å². The normalized spacial score (nSPS) is 11.6. The Morgan fingerprint density at radius 2 is 1.91 bits per heavy atom. The molecule has 32 heavy (non-hydrogen) atoms. The van der Waals surface area contributed by atoms with Crippen LogP contribution in [-0.4, -0.2) is 35.4 Å². The van der Waals surface area contributed by atoms with E-state index in [4.69, 9.17) is 4.74 Å². The molecule has 0 radical (unpaired) electrons. The fraction of sp³-hybridized carbons (Fsp3) is 0.217. The van der Waals surface area contributed by atoms with E-state index < -0.39 is 10.0 Å². The average molecular weight is 453 g/mol. The molecule has 8 nitrogen and oxygen atoms in total. The first kappa shape index (κ1) is 21.6. The predicted octanol–water partition coefficient (Wildman–Crippen LogP) is 4.19. The molecule has 2 heterocycles. The summed E-state index contributed by atoms with van der Waals surface area (Å²) in [6.07, 6.45) is 2.52. The number of nitrogens with zero attached hydrogens (tertiary/aromatic N) is 2. The Morgan fingerprint density at radius 3 is 2.56 bits per heavy atom. The minimum atomic E-state index is -3.84. The summed E-state index contributed by atoms with van der Waals surface area (Å²) in [5.41, 5.74) is 2.51. The number of methoxy groups -OCH3 is 1. The third-order valence-electron chi connectivity index (χ3n) is 5.24. The summed E-state index contributed by atoms with van der Waals surface area (Å²) in [4.78, 5) is 19.7. The Bertz CT molecular complexity index is 1390. The standard InChI is InChI=1S/C23H24N4O4S/c1-4-19-22(26-23(24-19)25-21(28)5-2)18-14-27(20-12-11-15(31-3)13-17(18)20)32(29,30)16-9-7-6-8-10-16/h6-14H,4-5H2,1-3H3,(H2,24,25,26,28). The monoisotopic (exact) mass is 452 g/mol. The number of H-pyrrole nitrogens is 1. The van der Waals surface area contributed by atoms with Gasteiger partial charge in [-0.3, -0.25) is 10.1 Å². The number of fused-ring (bicyclic) bond motifs is 1. The van der Waals surface area contributed by atoms with Gasteiger partial charge in [-0.1, -0.05) is 32.0 Å². The van der Waals surface area contributed by atoms with E-state index in [2.05, 4.69) is 15.3 Å². The Morgan fingerprint density at radius 1 is 1.16 bits per heavy atom. The zero-order chi connectivity index (χ0) is 22.9. The second kappa shape index (κ2) is 8.51. The van der Waals surface area contributed by atoms with Crippen LogP contribution in [0.2, 0.25) is 0 Å². The van der Waals surface area contributed by atoms with Gasteiger partial charge in [0.15, 0.2) is 0 Å². The summed E-state index contributed by atoms with van der Waals surface area (Å²) in [5.74, 6) is 0.767. The van der Waals surface area contributed by atoms with E-state index in [1.165, 1.54) is 3.97 Å². The van der Waals surface area contributed by atoms with Gasteiger partial charge in [0.2, 0.25) is 11.9 Å². The lowest BCUT2D eigenvalue weighted by atomic mass is 10.1. The summed E-state index contributed by atoms with van der Waals surface area (Å²) in [6, 6.07) is 13.5. The Kier molecular flexibility index (Phi) is 5.75. The van der Waals surface area contributed by atoms with Gasteiger partial charge in [0.25, 0.3) is 10.0 Å². The average Bonchev–Trinajstić information content (AvgIpc) is 3.40. The summed E-state index contributed by atoms with van der Waals surface area (Å²) in [7, 11) is -2.28. The molecule has 166 valence electrons. The molecule has 0 atom stereocenters. The van der Waals surface area contributed by atoms with E-state index >= 15 is 0 Å². The Labute approximate surface area is 186 Å². The molecule has 0 fully saturated rings. The quantitative estimate of drug-likeness (QED) is 0.437. The zero-order valence-corrected chi connectivity index (χ0v) is 18.9. The maximum atomic E-state index is 13.4. The number of carbonyl (C=O) groups excluding carboxylic acids is 1. The molecule has 2 N–H and O–H groups in total. The summed E-state index contributed by atoms with van der Waals surface area (Å²) in [5, 5.41) is 3.41. The van der Waals surface area contributed by atoms with Crippen molar-refractivity contribution in [2.75, 3.05) is 12.4 Å². The van der Waals surface area contributed by atoms with Crippen LogP contribution >= 0.6 is 0 Å². The van der Waals surface area contributed by atoms with Crippen LogP contribution in [0.1, 0.15) is 26.0 Å². The number of hydrogen-bond donors (Lipinski definition) is 2. The van der Waals surface area contributed by atoms with Crippen molar-refractivity contribution >= 4 is 32.8 Å². The van der Waals surface area contributed by atoms with E-state index in [1.807, 2.05) is 6.92 Å². The highest BCUT2D eigenvalue weighted by molar-refractivity contribution is 7.90. The van der Waals surface area contributed by atoms with Crippen molar-refractivity contribution in [1.29, 1.82) is 0 Å². The number of imidazole rings is 1. The lowest BCUT2D eigenvalue weighted by molar-refractivity contribution is -0.115. The summed E-state index contributed by atoms with van der Waals surface area (Å²) < 4.78 is 33.5. The topological polar surface area (TPSA) is 106 Å². The summed E-state index contributed by atoms with van der Waals surface area (Å²) in [6.45, 7) is 3.72. The molecule has 0 aliphatic carbocycles. The molecular formula is C23H24N4O4S. The third-order valence-corrected chi connectivity index (χ3v) is 6.93. The van der Waals surface area contributed by atoms with Gasteiger partial charge in [-0.05, 0) is 36.8 Å². The van der Waals surface area contributed by atoms with E-state index in [-0.39, 0.29) is 10.8 Å². The van der Waals surface area contributed by atoms with Gasteiger partial charge in [0.05, 0.1) is 23.2 Å². The molecule has 4 rings (SSSR count). The van der Waals surface area contributed by atoms with Crippen molar-refractivity contribution in [2.45, 2.75) is 31.6 Å². The molecule has 0 unspecified atom stereocenters. The van der Waals surface area contributed by atoms with Gasteiger partial charge in [-0.15, -0.1) is 0 Å². The fourth-order valence-corrected chi connectivity index (χ4v) is 4.96. The number of rotatable bonds is 7. The van der Waals surface area contributed by atoms with Crippen molar-refractivity contribution in [3.63, 3.8) is 0 Å². The number of aromatic nitrogens is 3. The highest BCUT2D eigenvalue weighted by Crippen LogP contribution is 2.36. The van der Waals surface area contributed by atoms with Gasteiger partial charge >= 0.3 is 0 Å². The molecule has 9 heteroatoms. The second-order valence-electron chi connectivity index (χ2n) is 7.21. The van der Waals surface area contributed by atoms with E-state index in [9.17, 15) is 13.2 Å². The van der Waals surface area contributed by atoms with Crippen LogP contribution in [0.25, 0.3) is 22.2 Å². The van der Waals surface area contributed by atoms with Gasteiger partial charge in [-0.2, -0.15) is 0 Å². The van der Waals surface area contributed by atoms with Gasteiger partial charge < -0.3 is 9.72 Å². The maximum absolute atomic E-state index is 13.4. The lowest BCUT2D eigenvalue weighted by Crippen LogP contribution is -2.11. The SMILES string of the molecule is CCC(=O)Nc1nc(-c2cn(S(=O)(=O)c3ccccc3)c3ccc(OC)cc23)c(CC)[nH]1. The van der Waals surface area contributed by atoms with Crippen LogP contribution < -0.4 is 10.1 Å². The molecule has 1 amide bonds. The number of ether oxygens (including phenoxy) is 1. The molecule has 0 bridgehead atoms. The first-order valence-electron chi connectivity index (χ1n) is 10.3. The third kappa shape index (κ3) is 3.75. The number of benzene rings is 2. The molecule has 0 aliphatic heterocycles. The van der Waals surface area contributed by atoms with Gasteiger partial charge in [0, 0.05) is 29.3 Å². The Balaban J connectivity index is 1.96. The lowest BCUT2D eigenvalue weighted by Gasteiger charge is -2.07. The molecular weight excluding hydrogens is 428 g/mol.